The Morgan fingerprint density at radius 3 is 2.76 bits per heavy atom. The van der Waals surface area contributed by atoms with Crippen LogP contribution in [0.15, 0.2) is 42.5 Å². The Kier molecular flexibility index (Phi) is 4.60. The molecule has 1 aliphatic heterocycles. The van der Waals surface area contributed by atoms with Crippen molar-refractivity contribution >= 4 is 17.7 Å². The van der Waals surface area contributed by atoms with E-state index < -0.39 is 16.7 Å². The molecule has 0 spiro atoms. The molecule has 0 unspecified atom stereocenters. The fourth-order valence-corrected chi connectivity index (χ4v) is 2.23. The van der Waals surface area contributed by atoms with Crippen molar-refractivity contribution in [1.82, 2.24) is 0 Å². The van der Waals surface area contributed by atoms with Crippen LogP contribution in [0.1, 0.15) is 11.1 Å². The Balaban J connectivity index is 1.71. The minimum absolute atomic E-state index is 0.0185. The van der Waals surface area contributed by atoms with Crippen LogP contribution in [0.4, 0.5) is 10.1 Å². The lowest BCUT2D eigenvalue weighted by atomic mass is 10.1. The maximum Gasteiger partial charge on any atom is 0.331 e. The van der Waals surface area contributed by atoms with Gasteiger partial charge in [0, 0.05) is 6.08 Å². The van der Waals surface area contributed by atoms with Crippen molar-refractivity contribution in [3.63, 3.8) is 0 Å². The second-order valence-corrected chi connectivity index (χ2v) is 5.09. The Morgan fingerprint density at radius 1 is 1.28 bits per heavy atom. The molecule has 128 valence electrons. The van der Waals surface area contributed by atoms with E-state index in [1.807, 2.05) is 0 Å². The normalized spacial score (nSPS) is 12.4. The van der Waals surface area contributed by atoms with E-state index in [2.05, 4.69) is 0 Å². The summed E-state index contributed by atoms with van der Waals surface area (Å²) in [6.07, 6.45) is 2.32. The third-order valence-corrected chi connectivity index (χ3v) is 3.39. The van der Waals surface area contributed by atoms with Gasteiger partial charge in [0.1, 0.15) is 12.4 Å². The zero-order valence-corrected chi connectivity index (χ0v) is 12.8. The SMILES string of the molecule is O=C(/C=C/c1cc2c(cc1[N+](=O)[O-])OCO2)OCc1cccc(F)c1. The molecule has 8 heteroatoms. The highest BCUT2D eigenvalue weighted by molar-refractivity contribution is 5.88. The van der Waals surface area contributed by atoms with E-state index >= 15 is 0 Å². The van der Waals surface area contributed by atoms with Gasteiger partial charge < -0.3 is 14.2 Å². The molecule has 0 aliphatic carbocycles. The van der Waals surface area contributed by atoms with Crippen LogP contribution in [-0.4, -0.2) is 17.7 Å². The predicted molar refractivity (Wildman–Crippen MR) is 84.4 cm³/mol. The third kappa shape index (κ3) is 3.92. The van der Waals surface area contributed by atoms with Gasteiger partial charge in [0.05, 0.1) is 16.6 Å². The number of benzene rings is 2. The second-order valence-electron chi connectivity index (χ2n) is 5.09. The number of carbonyl (C=O) groups is 1. The molecule has 0 saturated carbocycles. The molecule has 0 saturated heterocycles. The van der Waals surface area contributed by atoms with Gasteiger partial charge >= 0.3 is 5.97 Å². The van der Waals surface area contributed by atoms with Crippen LogP contribution in [0.5, 0.6) is 11.5 Å². The molecule has 2 aromatic carbocycles. The molecule has 2 aromatic rings. The van der Waals surface area contributed by atoms with Crippen molar-refractivity contribution in [2.24, 2.45) is 0 Å². The summed E-state index contributed by atoms with van der Waals surface area (Å²) < 4.78 is 28.3. The third-order valence-electron chi connectivity index (χ3n) is 3.39. The van der Waals surface area contributed by atoms with Gasteiger partial charge in [-0.2, -0.15) is 0 Å². The first-order valence-electron chi connectivity index (χ1n) is 7.20. The molecule has 1 heterocycles. The molecule has 0 amide bonds. The fraction of sp³-hybridized carbons (Fsp3) is 0.118. The molecule has 7 nitrogen and oxygen atoms in total. The van der Waals surface area contributed by atoms with Crippen LogP contribution in [0.3, 0.4) is 0 Å². The number of nitrogens with zero attached hydrogens (tertiary/aromatic N) is 1. The Labute approximate surface area is 141 Å². The highest BCUT2D eigenvalue weighted by Gasteiger charge is 2.22. The van der Waals surface area contributed by atoms with Crippen molar-refractivity contribution in [1.29, 1.82) is 0 Å². The van der Waals surface area contributed by atoms with Gasteiger partial charge in [-0.05, 0) is 29.8 Å². The highest BCUT2D eigenvalue weighted by atomic mass is 19.1. The van der Waals surface area contributed by atoms with E-state index in [4.69, 9.17) is 14.2 Å². The van der Waals surface area contributed by atoms with Gasteiger partial charge in [-0.25, -0.2) is 9.18 Å². The molecule has 1 aliphatic rings. The minimum atomic E-state index is -0.712. The highest BCUT2D eigenvalue weighted by Crippen LogP contribution is 2.38. The Hall–Kier alpha value is -3.42. The first-order chi connectivity index (χ1) is 12.0. The van der Waals surface area contributed by atoms with Crippen LogP contribution >= 0.6 is 0 Å². The summed E-state index contributed by atoms with van der Waals surface area (Å²) in [5, 5.41) is 11.1. The summed E-state index contributed by atoms with van der Waals surface area (Å²) in [6.45, 7) is -0.125. The van der Waals surface area contributed by atoms with Gasteiger partial charge in [-0.1, -0.05) is 12.1 Å². The number of nitro benzene ring substituents is 1. The Bertz CT molecular complexity index is 864. The van der Waals surface area contributed by atoms with E-state index in [0.717, 1.165) is 6.08 Å². The molecule has 0 aromatic heterocycles. The Morgan fingerprint density at radius 2 is 2.04 bits per heavy atom. The minimum Gasteiger partial charge on any atom is -0.458 e. The second kappa shape index (κ2) is 7.00. The molecule has 3 rings (SSSR count). The summed E-state index contributed by atoms with van der Waals surface area (Å²) in [6, 6.07) is 8.30. The van der Waals surface area contributed by atoms with Crippen LogP contribution in [0, 0.1) is 15.9 Å². The van der Waals surface area contributed by atoms with Crippen molar-refractivity contribution < 1.29 is 28.3 Å². The number of esters is 1. The summed E-state index contributed by atoms with van der Waals surface area (Å²) in [4.78, 5) is 22.3. The zero-order chi connectivity index (χ0) is 17.8. The zero-order valence-electron chi connectivity index (χ0n) is 12.8. The number of ether oxygens (including phenoxy) is 3. The maximum absolute atomic E-state index is 13.0. The molecule has 0 fully saturated rings. The molecular weight excluding hydrogens is 333 g/mol. The van der Waals surface area contributed by atoms with Gasteiger partial charge in [0.2, 0.25) is 6.79 Å². The average Bonchev–Trinajstić information content (AvgIpc) is 3.04. The summed E-state index contributed by atoms with van der Waals surface area (Å²) >= 11 is 0. The van der Waals surface area contributed by atoms with Crippen LogP contribution < -0.4 is 9.47 Å². The van der Waals surface area contributed by atoms with Crippen molar-refractivity contribution in [2.45, 2.75) is 6.61 Å². The quantitative estimate of drug-likeness (QED) is 0.358. The molecule has 0 N–H and O–H groups in total. The van der Waals surface area contributed by atoms with Gasteiger partial charge in [0.15, 0.2) is 11.5 Å². The smallest absolute Gasteiger partial charge is 0.331 e. The fourth-order valence-electron chi connectivity index (χ4n) is 2.23. The number of rotatable bonds is 5. The number of halogens is 1. The molecule has 0 radical (unpaired) electrons. The van der Waals surface area contributed by atoms with E-state index in [0.29, 0.717) is 11.3 Å². The largest absolute Gasteiger partial charge is 0.458 e. The monoisotopic (exact) mass is 345 g/mol. The van der Waals surface area contributed by atoms with Gasteiger partial charge in [-0.3, -0.25) is 10.1 Å². The van der Waals surface area contributed by atoms with Gasteiger partial charge in [-0.15, -0.1) is 0 Å². The van der Waals surface area contributed by atoms with E-state index in [-0.39, 0.29) is 30.4 Å². The molecule has 0 atom stereocenters. The van der Waals surface area contributed by atoms with Crippen LogP contribution in [0.2, 0.25) is 0 Å². The first-order valence-corrected chi connectivity index (χ1v) is 7.20. The van der Waals surface area contributed by atoms with E-state index in [1.54, 1.807) is 6.07 Å². The maximum atomic E-state index is 13.0. The van der Waals surface area contributed by atoms with E-state index in [1.165, 1.54) is 36.4 Å². The molecular formula is C17H12FNO6. The number of nitro groups is 1. The summed E-state index contributed by atoms with van der Waals surface area (Å²) in [5.74, 6) is -0.507. The summed E-state index contributed by atoms with van der Waals surface area (Å²) in [7, 11) is 0. The topological polar surface area (TPSA) is 87.9 Å². The lowest BCUT2D eigenvalue weighted by Crippen LogP contribution is -2.01. The van der Waals surface area contributed by atoms with Crippen LogP contribution in [0.25, 0.3) is 6.08 Å². The van der Waals surface area contributed by atoms with Crippen molar-refractivity contribution in [3.8, 4) is 11.5 Å². The van der Waals surface area contributed by atoms with Crippen molar-refractivity contribution in [3.05, 3.63) is 69.5 Å². The average molecular weight is 345 g/mol. The van der Waals surface area contributed by atoms with E-state index in [9.17, 15) is 19.3 Å². The lowest BCUT2D eigenvalue weighted by molar-refractivity contribution is -0.385. The lowest BCUT2D eigenvalue weighted by Gasteiger charge is -2.03. The molecule has 25 heavy (non-hydrogen) atoms. The number of fused-ring (bicyclic) bond motifs is 1. The molecule has 0 bridgehead atoms. The standard InChI is InChI=1S/C17H12FNO6/c18-13-3-1-2-11(6-13)9-23-17(20)5-4-12-7-15-16(25-10-24-15)8-14(12)19(21)22/h1-8H,9-10H2/b5-4+. The van der Waals surface area contributed by atoms with Crippen molar-refractivity contribution in [2.75, 3.05) is 6.79 Å². The predicted octanol–water partition coefficient (Wildman–Crippen LogP) is 3.22. The number of hydrogen-bond donors (Lipinski definition) is 0. The van der Waals surface area contributed by atoms with Crippen LogP contribution in [-0.2, 0) is 16.1 Å². The number of carbonyl (C=O) groups excluding carboxylic acids is 1. The van der Waals surface area contributed by atoms with Gasteiger partial charge in [0.25, 0.3) is 5.69 Å². The summed E-state index contributed by atoms with van der Waals surface area (Å²) in [5.41, 5.74) is 0.450. The number of hydrogen-bond acceptors (Lipinski definition) is 6. The first kappa shape index (κ1) is 16.4.